The van der Waals surface area contributed by atoms with Gasteiger partial charge in [0.1, 0.15) is 0 Å². The standard InChI is InChI=1S/C21H22N2O2S.C2HF3O2/c24-21(25)17-3-1-2-15(12-17)14-23(18-6-9-22-10-7-18)19-4-5-20-16(13-19)8-11-26-20;3-2(4,5)1(6)7/h1-5,8,11-13,18,22H,6-7,9-10,14H2,(H,24,25);(H,6,7). The molecule has 0 aliphatic carbocycles. The molecule has 2 heterocycles. The van der Waals surface area contributed by atoms with Gasteiger partial charge in [0, 0.05) is 23.0 Å². The van der Waals surface area contributed by atoms with Gasteiger partial charge >= 0.3 is 18.1 Å². The van der Waals surface area contributed by atoms with Crippen molar-refractivity contribution in [2.75, 3.05) is 18.0 Å². The predicted molar refractivity (Wildman–Crippen MR) is 121 cm³/mol. The maximum atomic E-state index is 11.3. The number of anilines is 1. The normalized spacial score (nSPS) is 14.4. The highest BCUT2D eigenvalue weighted by atomic mass is 32.1. The zero-order valence-electron chi connectivity index (χ0n) is 17.5. The topological polar surface area (TPSA) is 89.9 Å². The van der Waals surface area contributed by atoms with Crippen molar-refractivity contribution in [2.24, 2.45) is 0 Å². The SMILES string of the molecule is O=C(O)C(F)(F)F.O=C(O)c1cccc(CN(c2ccc3sccc3c2)C2CCNCC2)c1. The van der Waals surface area contributed by atoms with Crippen molar-refractivity contribution in [2.45, 2.75) is 31.6 Å². The Balaban J connectivity index is 0.000000383. The fourth-order valence-corrected chi connectivity index (χ4v) is 4.45. The molecule has 2 aromatic carbocycles. The number of hydrogen-bond donors (Lipinski definition) is 3. The molecular formula is C23H23F3N2O4S. The van der Waals surface area contributed by atoms with Crippen LogP contribution in [0.25, 0.3) is 10.1 Å². The van der Waals surface area contributed by atoms with E-state index in [4.69, 9.17) is 9.90 Å². The summed E-state index contributed by atoms with van der Waals surface area (Å²) in [5, 5.41) is 23.2. The monoisotopic (exact) mass is 480 g/mol. The predicted octanol–water partition coefficient (Wildman–Crippen LogP) is 4.99. The highest BCUT2D eigenvalue weighted by Gasteiger charge is 2.38. The van der Waals surface area contributed by atoms with Gasteiger partial charge in [0.25, 0.3) is 0 Å². The highest BCUT2D eigenvalue weighted by Crippen LogP contribution is 2.30. The molecule has 0 unspecified atom stereocenters. The van der Waals surface area contributed by atoms with Crippen LogP contribution in [-0.2, 0) is 11.3 Å². The molecule has 3 aromatic rings. The van der Waals surface area contributed by atoms with Crippen molar-refractivity contribution in [3.05, 3.63) is 65.0 Å². The van der Waals surface area contributed by atoms with Crippen LogP contribution >= 0.6 is 11.3 Å². The summed E-state index contributed by atoms with van der Waals surface area (Å²) < 4.78 is 33.0. The number of nitrogens with zero attached hydrogens (tertiary/aromatic N) is 1. The van der Waals surface area contributed by atoms with E-state index in [2.05, 4.69) is 39.9 Å². The third kappa shape index (κ3) is 6.69. The van der Waals surface area contributed by atoms with E-state index in [0.29, 0.717) is 11.6 Å². The molecule has 1 aromatic heterocycles. The number of halogens is 3. The van der Waals surface area contributed by atoms with Gasteiger partial charge in [0.05, 0.1) is 5.56 Å². The number of aromatic carboxylic acids is 1. The molecular weight excluding hydrogens is 457 g/mol. The zero-order chi connectivity index (χ0) is 24.0. The molecule has 176 valence electrons. The number of carboxylic acids is 2. The number of carboxylic acid groups (broad SMARTS) is 2. The van der Waals surface area contributed by atoms with Crippen molar-refractivity contribution < 1.29 is 33.0 Å². The fraction of sp³-hybridized carbons (Fsp3) is 0.304. The Morgan fingerprint density at radius 3 is 2.39 bits per heavy atom. The minimum absolute atomic E-state index is 0.348. The van der Waals surface area contributed by atoms with E-state index in [1.807, 2.05) is 12.1 Å². The Morgan fingerprint density at radius 2 is 1.76 bits per heavy atom. The van der Waals surface area contributed by atoms with Crippen LogP contribution < -0.4 is 10.2 Å². The molecule has 3 N–H and O–H groups in total. The quantitative estimate of drug-likeness (QED) is 0.477. The molecule has 1 fully saturated rings. The van der Waals surface area contributed by atoms with Gasteiger partial charge in [-0.2, -0.15) is 13.2 Å². The Hall–Kier alpha value is -3.11. The molecule has 0 atom stereocenters. The molecule has 33 heavy (non-hydrogen) atoms. The Morgan fingerprint density at radius 1 is 1.06 bits per heavy atom. The summed E-state index contributed by atoms with van der Waals surface area (Å²) in [6.07, 6.45) is -2.89. The number of alkyl halides is 3. The number of fused-ring (bicyclic) bond motifs is 1. The van der Waals surface area contributed by atoms with Gasteiger partial charge in [-0.3, -0.25) is 0 Å². The number of thiophene rings is 1. The summed E-state index contributed by atoms with van der Waals surface area (Å²) in [5.74, 6) is -3.63. The van der Waals surface area contributed by atoms with Crippen LogP contribution in [-0.4, -0.2) is 47.5 Å². The van der Waals surface area contributed by atoms with Crippen LogP contribution in [0.15, 0.2) is 53.9 Å². The van der Waals surface area contributed by atoms with Gasteiger partial charge in [0.15, 0.2) is 0 Å². The Bertz CT molecular complexity index is 1110. The third-order valence-electron chi connectivity index (χ3n) is 5.29. The molecule has 0 radical (unpaired) electrons. The van der Waals surface area contributed by atoms with Gasteiger partial charge in [-0.1, -0.05) is 12.1 Å². The number of piperidine rings is 1. The number of hydrogen-bond acceptors (Lipinski definition) is 5. The lowest BCUT2D eigenvalue weighted by Gasteiger charge is -2.36. The van der Waals surface area contributed by atoms with Crippen LogP contribution in [0.2, 0.25) is 0 Å². The van der Waals surface area contributed by atoms with E-state index in [1.165, 1.54) is 15.8 Å². The minimum Gasteiger partial charge on any atom is -0.478 e. The summed E-state index contributed by atoms with van der Waals surface area (Å²) in [6.45, 7) is 2.77. The molecule has 1 saturated heterocycles. The van der Waals surface area contributed by atoms with E-state index >= 15 is 0 Å². The van der Waals surface area contributed by atoms with Crippen molar-refractivity contribution >= 4 is 39.0 Å². The Kier molecular flexibility index (Phi) is 7.93. The second kappa shape index (κ2) is 10.7. The number of aliphatic carboxylic acids is 1. The molecule has 0 amide bonds. The van der Waals surface area contributed by atoms with Crippen LogP contribution in [0.3, 0.4) is 0 Å². The molecule has 0 spiro atoms. The van der Waals surface area contributed by atoms with Crippen molar-refractivity contribution in [3.63, 3.8) is 0 Å². The average Bonchev–Trinajstić information content (AvgIpc) is 3.26. The van der Waals surface area contributed by atoms with Gasteiger partial charge in [-0.25, -0.2) is 9.59 Å². The van der Waals surface area contributed by atoms with Crippen molar-refractivity contribution in [1.82, 2.24) is 5.32 Å². The lowest BCUT2D eigenvalue weighted by Crippen LogP contribution is -2.43. The molecule has 1 aliphatic rings. The number of nitrogens with one attached hydrogen (secondary N) is 1. The number of benzene rings is 2. The minimum atomic E-state index is -5.08. The van der Waals surface area contributed by atoms with Crippen LogP contribution in [0.4, 0.5) is 18.9 Å². The molecule has 6 nitrogen and oxygen atoms in total. The molecule has 10 heteroatoms. The lowest BCUT2D eigenvalue weighted by molar-refractivity contribution is -0.192. The first-order chi connectivity index (χ1) is 15.6. The second-order valence-electron chi connectivity index (χ2n) is 7.56. The van der Waals surface area contributed by atoms with E-state index in [-0.39, 0.29) is 0 Å². The first-order valence-corrected chi connectivity index (χ1v) is 11.1. The first-order valence-electron chi connectivity index (χ1n) is 10.2. The summed E-state index contributed by atoms with van der Waals surface area (Å²) >= 11 is 1.76. The smallest absolute Gasteiger partial charge is 0.478 e. The van der Waals surface area contributed by atoms with Gasteiger partial charge in [-0.15, -0.1) is 11.3 Å². The fourth-order valence-electron chi connectivity index (χ4n) is 3.68. The van der Waals surface area contributed by atoms with E-state index in [9.17, 15) is 23.1 Å². The molecule has 1 aliphatic heterocycles. The third-order valence-corrected chi connectivity index (χ3v) is 6.18. The molecule has 0 saturated carbocycles. The zero-order valence-corrected chi connectivity index (χ0v) is 18.3. The van der Waals surface area contributed by atoms with Crippen molar-refractivity contribution in [3.8, 4) is 0 Å². The molecule has 4 rings (SSSR count). The number of carbonyl (C=O) groups is 2. The van der Waals surface area contributed by atoms with Crippen LogP contribution in [0.1, 0.15) is 28.8 Å². The maximum Gasteiger partial charge on any atom is 0.490 e. The highest BCUT2D eigenvalue weighted by molar-refractivity contribution is 7.17. The average molecular weight is 481 g/mol. The van der Waals surface area contributed by atoms with E-state index in [1.54, 1.807) is 23.5 Å². The summed E-state index contributed by atoms with van der Waals surface area (Å²) in [5.41, 5.74) is 2.60. The van der Waals surface area contributed by atoms with E-state index in [0.717, 1.165) is 38.0 Å². The van der Waals surface area contributed by atoms with E-state index < -0.39 is 18.1 Å². The van der Waals surface area contributed by atoms with Gasteiger partial charge < -0.3 is 20.4 Å². The summed E-state index contributed by atoms with van der Waals surface area (Å²) in [4.78, 5) is 22.6. The van der Waals surface area contributed by atoms with Gasteiger partial charge in [0.2, 0.25) is 0 Å². The lowest BCUT2D eigenvalue weighted by atomic mass is 10.0. The Labute approximate surface area is 192 Å². The summed E-state index contributed by atoms with van der Waals surface area (Å²) in [6, 6.07) is 16.6. The molecule has 0 bridgehead atoms. The first kappa shape index (κ1) is 24.5. The maximum absolute atomic E-state index is 11.3. The second-order valence-corrected chi connectivity index (χ2v) is 8.51. The van der Waals surface area contributed by atoms with Gasteiger partial charge in [-0.05, 0) is 78.7 Å². The van der Waals surface area contributed by atoms with Crippen LogP contribution in [0, 0.1) is 0 Å². The summed E-state index contributed by atoms with van der Waals surface area (Å²) in [7, 11) is 0. The van der Waals surface area contributed by atoms with Crippen LogP contribution in [0.5, 0.6) is 0 Å². The van der Waals surface area contributed by atoms with Crippen molar-refractivity contribution in [1.29, 1.82) is 0 Å². The largest absolute Gasteiger partial charge is 0.490 e. The number of rotatable bonds is 5.